The lowest BCUT2D eigenvalue weighted by molar-refractivity contribution is -0.386. The van der Waals surface area contributed by atoms with E-state index in [4.69, 9.17) is 27.9 Å². The van der Waals surface area contributed by atoms with E-state index in [0.29, 0.717) is 42.4 Å². The van der Waals surface area contributed by atoms with Crippen LogP contribution in [0.1, 0.15) is 17.0 Å². The van der Waals surface area contributed by atoms with Gasteiger partial charge in [-0.2, -0.15) is 9.78 Å². The number of fused-ring (bicyclic) bond motifs is 1. The second-order valence-electron chi connectivity index (χ2n) is 7.31. The zero-order valence-corrected chi connectivity index (χ0v) is 22.5. The number of nitrogens with zero attached hydrogens (tertiary/aromatic N) is 4. The molecule has 0 radical (unpaired) electrons. The highest BCUT2D eigenvalue weighted by Gasteiger charge is 2.21. The molecule has 0 saturated heterocycles. The molecule has 178 valence electrons. The second kappa shape index (κ2) is 10.4. The van der Waals surface area contributed by atoms with Crippen LogP contribution in [0, 0.1) is 17.0 Å². The van der Waals surface area contributed by atoms with Crippen molar-refractivity contribution >= 4 is 77.9 Å². The average Bonchev–Trinajstić information content (AvgIpc) is 2.79. The molecule has 1 heterocycles. The molecule has 0 bridgehead atoms. The third kappa shape index (κ3) is 5.56. The minimum atomic E-state index is -0.562. The number of aromatic nitrogens is 2. The van der Waals surface area contributed by atoms with Gasteiger partial charge in [-0.25, -0.2) is 4.98 Å². The highest BCUT2D eigenvalue weighted by molar-refractivity contribution is 9.10. The van der Waals surface area contributed by atoms with E-state index >= 15 is 0 Å². The van der Waals surface area contributed by atoms with Gasteiger partial charge in [0.1, 0.15) is 12.4 Å². The Morgan fingerprint density at radius 1 is 1.17 bits per heavy atom. The van der Waals surface area contributed by atoms with E-state index < -0.39 is 4.92 Å². The first-order chi connectivity index (χ1) is 16.6. The largest absolute Gasteiger partial charge is 0.481 e. The lowest BCUT2D eigenvalue weighted by atomic mass is 10.2. The maximum atomic E-state index is 12.9. The summed E-state index contributed by atoms with van der Waals surface area (Å²) >= 11 is 18.8. The van der Waals surface area contributed by atoms with Gasteiger partial charge in [-0.1, -0.05) is 45.2 Å². The van der Waals surface area contributed by atoms with Crippen molar-refractivity contribution in [2.24, 2.45) is 5.10 Å². The summed E-state index contributed by atoms with van der Waals surface area (Å²) in [7, 11) is 0. The van der Waals surface area contributed by atoms with Crippen molar-refractivity contribution < 1.29 is 9.66 Å². The van der Waals surface area contributed by atoms with Gasteiger partial charge in [-0.05, 0) is 59.3 Å². The fourth-order valence-corrected chi connectivity index (χ4v) is 4.67. The van der Waals surface area contributed by atoms with Crippen molar-refractivity contribution in [3.63, 3.8) is 0 Å². The third-order valence-corrected chi connectivity index (χ3v) is 6.59. The molecule has 3 aromatic carbocycles. The second-order valence-corrected chi connectivity index (χ2v) is 9.93. The standard InChI is InChI=1S/C23H14Br2Cl2N4O4/c1-12-29-20-5-3-15(24)8-17(20)23(32)30(12)28-10-13-6-18(25)22(21(7-13)31(33)34)35-11-14-2-4-16(26)9-19(14)27/h2-10H,11H2,1H3. The number of benzene rings is 3. The molecule has 0 aliphatic carbocycles. The Morgan fingerprint density at radius 2 is 1.94 bits per heavy atom. The average molecular weight is 641 g/mol. The maximum absolute atomic E-state index is 12.9. The fraction of sp³-hybridized carbons (Fsp3) is 0.0870. The number of hydrogen-bond acceptors (Lipinski definition) is 6. The van der Waals surface area contributed by atoms with Crippen LogP contribution in [-0.4, -0.2) is 20.8 Å². The first kappa shape index (κ1) is 25.3. The van der Waals surface area contributed by atoms with Gasteiger partial charge in [-0.3, -0.25) is 14.9 Å². The van der Waals surface area contributed by atoms with E-state index in [9.17, 15) is 14.9 Å². The normalized spacial score (nSPS) is 11.3. The van der Waals surface area contributed by atoms with E-state index in [1.807, 2.05) is 0 Å². The topological polar surface area (TPSA) is 99.6 Å². The monoisotopic (exact) mass is 638 g/mol. The molecule has 4 aromatic rings. The molecule has 0 N–H and O–H groups in total. The lowest BCUT2D eigenvalue weighted by Crippen LogP contribution is -2.20. The summed E-state index contributed by atoms with van der Waals surface area (Å²) in [5.74, 6) is 0.401. The molecule has 0 spiro atoms. The molecular weight excluding hydrogens is 627 g/mol. The Labute approximate surface area is 225 Å². The number of aryl methyl sites for hydroxylation is 1. The van der Waals surface area contributed by atoms with E-state index in [1.165, 1.54) is 12.3 Å². The van der Waals surface area contributed by atoms with Crippen molar-refractivity contribution in [3.8, 4) is 5.75 Å². The first-order valence-corrected chi connectivity index (χ1v) is 12.3. The smallest absolute Gasteiger partial charge is 0.312 e. The van der Waals surface area contributed by atoms with Gasteiger partial charge in [0.05, 0.1) is 26.5 Å². The zero-order chi connectivity index (χ0) is 25.3. The summed E-state index contributed by atoms with van der Waals surface area (Å²) in [5.41, 5.74) is 0.895. The molecule has 0 saturated carbocycles. The van der Waals surface area contributed by atoms with Gasteiger partial charge in [0.15, 0.2) is 0 Å². The van der Waals surface area contributed by atoms with Crippen molar-refractivity contribution in [2.75, 3.05) is 0 Å². The molecule has 8 nitrogen and oxygen atoms in total. The molecule has 0 unspecified atom stereocenters. The molecule has 0 atom stereocenters. The predicted molar refractivity (Wildman–Crippen MR) is 143 cm³/mol. The van der Waals surface area contributed by atoms with Crippen LogP contribution in [0.4, 0.5) is 5.69 Å². The van der Waals surface area contributed by atoms with Crippen molar-refractivity contribution in [1.29, 1.82) is 0 Å². The van der Waals surface area contributed by atoms with Crippen molar-refractivity contribution in [3.05, 3.63) is 105 Å². The highest BCUT2D eigenvalue weighted by atomic mass is 79.9. The highest BCUT2D eigenvalue weighted by Crippen LogP contribution is 2.37. The number of ether oxygens (including phenoxy) is 1. The Balaban J connectivity index is 1.68. The van der Waals surface area contributed by atoms with Gasteiger partial charge in [-0.15, -0.1) is 0 Å². The third-order valence-electron chi connectivity index (χ3n) is 4.92. The van der Waals surface area contributed by atoms with Gasteiger partial charge in [0, 0.05) is 31.7 Å². The molecule has 0 aliphatic rings. The summed E-state index contributed by atoms with van der Waals surface area (Å²) in [5, 5.41) is 17.2. The number of halogens is 4. The maximum Gasteiger partial charge on any atom is 0.312 e. The van der Waals surface area contributed by atoms with Gasteiger partial charge >= 0.3 is 5.69 Å². The fourth-order valence-electron chi connectivity index (χ4n) is 3.26. The molecule has 4 rings (SSSR count). The van der Waals surface area contributed by atoms with E-state index in [2.05, 4.69) is 41.9 Å². The SMILES string of the molecule is Cc1nc2ccc(Br)cc2c(=O)n1N=Cc1cc(Br)c(OCc2ccc(Cl)cc2Cl)c([N+](=O)[O-])c1. The molecular formula is C23H14Br2Cl2N4O4. The van der Waals surface area contributed by atoms with Crippen molar-refractivity contribution in [2.45, 2.75) is 13.5 Å². The van der Waals surface area contributed by atoms with Crippen LogP contribution >= 0.6 is 55.1 Å². The van der Waals surface area contributed by atoms with Crippen LogP contribution in [-0.2, 0) is 6.61 Å². The summed E-state index contributed by atoms with van der Waals surface area (Å²) in [6.07, 6.45) is 1.34. The Morgan fingerprint density at radius 3 is 2.66 bits per heavy atom. The van der Waals surface area contributed by atoms with Crippen LogP contribution in [0.25, 0.3) is 10.9 Å². The molecule has 12 heteroatoms. The van der Waals surface area contributed by atoms with E-state index in [0.717, 1.165) is 9.15 Å². The van der Waals surface area contributed by atoms with Gasteiger partial charge in [0.25, 0.3) is 5.56 Å². The molecule has 0 fully saturated rings. The molecule has 1 aromatic heterocycles. The molecule has 35 heavy (non-hydrogen) atoms. The zero-order valence-electron chi connectivity index (χ0n) is 17.8. The number of hydrogen-bond donors (Lipinski definition) is 0. The Bertz CT molecular complexity index is 1570. The van der Waals surface area contributed by atoms with E-state index in [1.54, 1.807) is 49.4 Å². The number of nitro benzene ring substituents is 1. The minimum absolute atomic E-state index is 0.00418. The lowest BCUT2D eigenvalue weighted by Gasteiger charge is -2.11. The quantitative estimate of drug-likeness (QED) is 0.130. The van der Waals surface area contributed by atoms with Crippen LogP contribution in [0.3, 0.4) is 0 Å². The summed E-state index contributed by atoms with van der Waals surface area (Å²) < 4.78 is 7.93. The summed E-state index contributed by atoms with van der Waals surface area (Å²) in [6.45, 7) is 1.65. The molecule has 0 amide bonds. The Kier molecular flexibility index (Phi) is 7.56. The minimum Gasteiger partial charge on any atom is -0.481 e. The number of rotatable bonds is 6. The van der Waals surface area contributed by atoms with Crippen LogP contribution < -0.4 is 10.3 Å². The van der Waals surface area contributed by atoms with Gasteiger partial charge in [0.2, 0.25) is 5.75 Å². The molecule has 0 aliphatic heterocycles. The number of nitro groups is 1. The van der Waals surface area contributed by atoms with E-state index in [-0.39, 0.29) is 23.6 Å². The van der Waals surface area contributed by atoms with Crippen LogP contribution in [0.15, 0.2) is 67.4 Å². The van der Waals surface area contributed by atoms with Crippen LogP contribution in [0.5, 0.6) is 5.75 Å². The first-order valence-electron chi connectivity index (χ1n) is 9.92. The summed E-state index contributed by atoms with van der Waals surface area (Å²) in [4.78, 5) is 28.5. The predicted octanol–water partition coefficient (Wildman–Crippen LogP) is 6.91. The van der Waals surface area contributed by atoms with Crippen molar-refractivity contribution in [1.82, 2.24) is 9.66 Å². The summed E-state index contributed by atoms with van der Waals surface area (Å²) in [6, 6.07) is 13.0. The van der Waals surface area contributed by atoms with Gasteiger partial charge < -0.3 is 4.74 Å². The Hall–Kier alpha value is -2.79. The van der Waals surface area contributed by atoms with Crippen LogP contribution in [0.2, 0.25) is 10.0 Å².